The molecular formula is C27H34N4O7S. The van der Waals surface area contributed by atoms with Crippen LogP contribution in [-0.2, 0) is 29.8 Å². The Balaban J connectivity index is 1.88. The molecule has 1 fully saturated rings. The Morgan fingerprint density at radius 3 is 2.54 bits per heavy atom. The summed E-state index contributed by atoms with van der Waals surface area (Å²) in [5.41, 5.74) is 0.532. The van der Waals surface area contributed by atoms with Crippen molar-refractivity contribution in [1.29, 1.82) is 0 Å². The highest BCUT2D eigenvalue weighted by atomic mass is 32.2. The molecule has 12 heteroatoms. The molecule has 0 spiro atoms. The van der Waals surface area contributed by atoms with Gasteiger partial charge in [-0.2, -0.15) is 0 Å². The van der Waals surface area contributed by atoms with E-state index in [1.807, 2.05) is 6.92 Å². The van der Waals surface area contributed by atoms with Crippen LogP contribution in [0.2, 0.25) is 0 Å². The molecule has 0 radical (unpaired) electrons. The van der Waals surface area contributed by atoms with Gasteiger partial charge in [0.05, 0.1) is 42.8 Å². The van der Waals surface area contributed by atoms with E-state index < -0.39 is 27.5 Å². The average molecular weight is 559 g/mol. The van der Waals surface area contributed by atoms with E-state index in [-0.39, 0.29) is 24.1 Å². The molecule has 0 N–H and O–H groups in total. The fourth-order valence-electron chi connectivity index (χ4n) is 4.37. The summed E-state index contributed by atoms with van der Waals surface area (Å²) in [6.07, 6.45) is 0.426. The van der Waals surface area contributed by atoms with E-state index in [1.54, 1.807) is 58.0 Å². The van der Waals surface area contributed by atoms with Crippen molar-refractivity contribution in [1.82, 2.24) is 14.5 Å². The lowest BCUT2D eigenvalue weighted by molar-refractivity contribution is 0.0454. The first-order valence-corrected chi connectivity index (χ1v) is 14.8. The smallest absolute Gasteiger partial charge is 0.419 e. The van der Waals surface area contributed by atoms with Gasteiger partial charge in [0.1, 0.15) is 17.1 Å². The highest BCUT2D eigenvalue weighted by molar-refractivity contribution is 7.89. The number of carbonyl (C=O) groups excluding carboxylic acids is 2. The third-order valence-electron chi connectivity index (χ3n) is 5.96. The van der Waals surface area contributed by atoms with E-state index >= 15 is 0 Å². The number of hydrogen-bond acceptors (Lipinski definition) is 10. The second kappa shape index (κ2) is 10.9. The zero-order chi connectivity index (χ0) is 28.5. The molecule has 4 rings (SSSR count). The van der Waals surface area contributed by atoms with Crippen molar-refractivity contribution >= 4 is 38.6 Å². The molecule has 2 aromatic heterocycles. The van der Waals surface area contributed by atoms with Gasteiger partial charge in [0.15, 0.2) is 15.7 Å². The van der Waals surface area contributed by atoms with Crippen molar-refractivity contribution < 1.29 is 32.2 Å². The maximum Gasteiger partial charge on any atom is 0.419 e. The number of sulfone groups is 1. The Morgan fingerprint density at radius 1 is 1.15 bits per heavy atom. The molecular weight excluding hydrogens is 524 g/mol. The zero-order valence-electron chi connectivity index (χ0n) is 23.1. The van der Waals surface area contributed by atoms with Crippen molar-refractivity contribution in [2.24, 2.45) is 0 Å². The normalized spacial score (nSPS) is 16.4. The number of nitrogens with zero attached hydrogens (tertiary/aromatic N) is 4. The Kier molecular flexibility index (Phi) is 7.99. The van der Waals surface area contributed by atoms with Gasteiger partial charge in [0, 0.05) is 29.8 Å². The summed E-state index contributed by atoms with van der Waals surface area (Å²) >= 11 is 0. The highest BCUT2D eigenvalue weighted by Gasteiger charge is 2.27. The molecule has 1 aliphatic rings. The van der Waals surface area contributed by atoms with Gasteiger partial charge in [-0.05, 0) is 46.8 Å². The summed E-state index contributed by atoms with van der Waals surface area (Å²) < 4.78 is 41.8. The van der Waals surface area contributed by atoms with Gasteiger partial charge in [0.2, 0.25) is 0 Å². The molecule has 1 saturated heterocycles. The van der Waals surface area contributed by atoms with Crippen molar-refractivity contribution in [3.05, 3.63) is 41.7 Å². The molecule has 0 saturated carbocycles. The summed E-state index contributed by atoms with van der Waals surface area (Å²) in [6.45, 7) is 10.7. The van der Waals surface area contributed by atoms with Gasteiger partial charge in [-0.25, -0.2) is 32.5 Å². The first-order valence-electron chi connectivity index (χ1n) is 12.7. The van der Waals surface area contributed by atoms with Crippen LogP contribution in [0.1, 0.15) is 50.8 Å². The van der Waals surface area contributed by atoms with Crippen molar-refractivity contribution in [2.45, 2.75) is 52.0 Å². The Morgan fingerprint density at radius 2 is 1.90 bits per heavy atom. The topological polar surface area (TPSA) is 130 Å². The molecule has 0 aliphatic carbocycles. The molecule has 1 atom stereocenters. The van der Waals surface area contributed by atoms with E-state index in [1.165, 1.54) is 4.57 Å². The van der Waals surface area contributed by atoms with Crippen LogP contribution in [0.15, 0.2) is 30.3 Å². The van der Waals surface area contributed by atoms with Crippen LogP contribution in [0.4, 0.5) is 10.6 Å². The van der Waals surface area contributed by atoms with E-state index in [2.05, 4.69) is 9.88 Å². The van der Waals surface area contributed by atoms with Gasteiger partial charge in [-0.1, -0.05) is 12.1 Å². The number of ether oxygens (including phenoxy) is 3. The average Bonchev–Trinajstić information content (AvgIpc) is 3.21. The summed E-state index contributed by atoms with van der Waals surface area (Å²) in [5, 5.41) is 0.613. The van der Waals surface area contributed by atoms with Crippen LogP contribution >= 0.6 is 0 Å². The number of aromatic nitrogens is 3. The minimum absolute atomic E-state index is 0.0339. The van der Waals surface area contributed by atoms with Crippen LogP contribution in [0.25, 0.3) is 22.3 Å². The van der Waals surface area contributed by atoms with E-state index in [0.29, 0.717) is 53.6 Å². The number of hydrogen-bond donors (Lipinski definition) is 0. The standard InChI is InChI=1S/C27H34N4O7S/c1-7-37-25(32)22-12-18-8-9-19(13-21(18)31(22)26(33)38-27(3,4)5)24-28-20(16-39(6,34)35)14-23(29-24)30-10-11-36-15-17(30)2/h8-9,12-14,17H,7,10-11,15-16H2,1-6H3/t17-/m0/s1. The van der Waals surface area contributed by atoms with E-state index in [0.717, 1.165) is 6.26 Å². The minimum Gasteiger partial charge on any atom is -0.461 e. The number of carbonyl (C=O) groups is 2. The lowest BCUT2D eigenvalue weighted by Gasteiger charge is -2.34. The number of fused-ring (bicyclic) bond motifs is 1. The minimum atomic E-state index is -3.37. The van der Waals surface area contributed by atoms with Crippen LogP contribution in [0.3, 0.4) is 0 Å². The molecule has 11 nitrogen and oxygen atoms in total. The molecule has 1 aromatic carbocycles. The third kappa shape index (κ3) is 6.74. The molecule has 0 bridgehead atoms. The number of morpholine rings is 1. The molecule has 210 valence electrons. The van der Waals surface area contributed by atoms with Crippen LogP contribution in [0.5, 0.6) is 0 Å². The van der Waals surface area contributed by atoms with E-state index in [9.17, 15) is 18.0 Å². The van der Waals surface area contributed by atoms with Crippen molar-refractivity contribution in [2.75, 3.05) is 37.5 Å². The van der Waals surface area contributed by atoms with Gasteiger partial charge < -0.3 is 19.1 Å². The summed E-state index contributed by atoms with van der Waals surface area (Å²) in [7, 11) is -3.37. The monoisotopic (exact) mass is 558 g/mol. The quantitative estimate of drug-likeness (QED) is 0.412. The predicted octanol–water partition coefficient (Wildman–Crippen LogP) is 3.83. The third-order valence-corrected chi connectivity index (χ3v) is 6.78. The molecule has 0 amide bonds. The molecule has 0 unspecified atom stereocenters. The number of anilines is 1. The zero-order valence-corrected chi connectivity index (χ0v) is 23.9. The second-order valence-electron chi connectivity index (χ2n) is 10.6. The van der Waals surface area contributed by atoms with Crippen molar-refractivity contribution in [3.8, 4) is 11.4 Å². The lowest BCUT2D eigenvalue weighted by Crippen LogP contribution is -2.44. The maximum absolute atomic E-state index is 13.2. The molecule has 3 heterocycles. The SMILES string of the molecule is CCOC(=O)c1cc2ccc(-c3nc(CS(C)(=O)=O)cc(N4CCOC[C@@H]4C)n3)cc2n1C(=O)OC(C)(C)C. The highest BCUT2D eigenvalue weighted by Crippen LogP contribution is 2.29. The first kappa shape index (κ1) is 28.5. The Labute approximate surface area is 228 Å². The van der Waals surface area contributed by atoms with Crippen LogP contribution in [-0.4, -0.2) is 79.3 Å². The van der Waals surface area contributed by atoms with Gasteiger partial charge in [-0.15, -0.1) is 0 Å². The molecule has 3 aromatic rings. The summed E-state index contributed by atoms with van der Waals surface area (Å²) in [4.78, 5) is 37.4. The van der Waals surface area contributed by atoms with Crippen LogP contribution in [0, 0.1) is 0 Å². The molecule has 39 heavy (non-hydrogen) atoms. The lowest BCUT2D eigenvalue weighted by atomic mass is 10.1. The second-order valence-corrected chi connectivity index (χ2v) is 12.7. The maximum atomic E-state index is 13.2. The summed E-state index contributed by atoms with van der Waals surface area (Å²) in [6, 6.07) is 8.50. The molecule has 1 aliphatic heterocycles. The Hall–Kier alpha value is -3.51. The summed E-state index contributed by atoms with van der Waals surface area (Å²) in [5.74, 6) is -0.0284. The van der Waals surface area contributed by atoms with Gasteiger partial charge >= 0.3 is 12.1 Å². The van der Waals surface area contributed by atoms with E-state index in [4.69, 9.17) is 19.2 Å². The number of benzene rings is 1. The first-order chi connectivity index (χ1) is 18.3. The van der Waals surface area contributed by atoms with Gasteiger partial charge in [0.25, 0.3) is 0 Å². The number of rotatable bonds is 6. The fourth-order valence-corrected chi connectivity index (χ4v) is 5.05. The largest absolute Gasteiger partial charge is 0.461 e. The van der Waals surface area contributed by atoms with Crippen molar-refractivity contribution in [3.63, 3.8) is 0 Å². The fraction of sp³-hybridized carbons (Fsp3) is 0.481. The Bertz CT molecular complexity index is 1510. The van der Waals surface area contributed by atoms with Gasteiger partial charge in [-0.3, -0.25) is 0 Å². The predicted molar refractivity (Wildman–Crippen MR) is 147 cm³/mol. The van der Waals surface area contributed by atoms with Crippen LogP contribution < -0.4 is 4.90 Å². The number of esters is 1.